The topological polar surface area (TPSA) is 63.8 Å². The van der Waals surface area contributed by atoms with E-state index in [9.17, 15) is 4.39 Å². The highest BCUT2D eigenvalue weighted by Crippen LogP contribution is 2.37. The lowest BCUT2D eigenvalue weighted by atomic mass is 10.3. The SMILES string of the molecule is Cc1nc(-c2cc(Br)c(Cl)s2)nc(NN)c1F. The van der Waals surface area contributed by atoms with Gasteiger partial charge in [-0.3, -0.25) is 0 Å². The summed E-state index contributed by atoms with van der Waals surface area (Å²) in [6, 6.07) is 1.78. The maximum atomic E-state index is 13.5. The molecule has 2 aromatic rings. The number of hydrogen-bond acceptors (Lipinski definition) is 5. The number of hydrogen-bond donors (Lipinski definition) is 2. The van der Waals surface area contributed by atoms with Crippen molar-refractivity contribution in [2.45, 2.75) is 6.92 Å². The van der Waals surface area contributed by atoms with Crippen molar-refractivity contribution in [3.8, 4) is 10.7 Å². The number of thiophene rings is 1. The molecule has 8 heteroatoms. The number of anilines is 1. The largest absolute Gasteiger partial charge is 0.306 e. The van der Waals surface area contributed by atoms with E-state index in [0.717, 1.165) is 9.35 Å². The number of aromatic nitrogens is 2. The molecule has 0 aromatic carbocycles. The van der Waals surface area contributed by atoms with E-state index < -0.39 is 5.82 Å². The van der Waals surface area contributed by atoms with Crippen LogP contribution in [0.5, 0.6) is 0 Å². The smallest absolute Gasteiger partial charge is 0.187 e. The molecule has 3 N–H and O–H groups in total. The van der Waals surface area contributed by atoms with Gasteiger partial charge in [0.05, 0.1) is 10.6 Å². The minimum Gasteiger partial charge on any atom is -0.306 e. The number of nitrogens with one attached hydrogen (secondary N) is 1. The van der Waals surface area contributed by atoms with Crippen LogP contribution in [0.25, 0.3) is 10.7 Å². The van der Waals surface area contributed by atoms with Gasteiger partial charge < -0.3 is 5.43 Å². The van der Waals surface area contributed by atoms with Gasteiger partial charge in [-0.2, -0.15) is 0 Å². The fraction of sp³-hybridized carbons (Fsp3) is 0.111. The molecule has 90 valence electrons. The Morgan fingerprint density at radius 2 is 2.24 bits per heavy atom. The summed E-state index contributed by atoms with van der Waals surface area (Å²) in [7, 11) is 0. The van der Waals surface area contributed by atoms with E-state index in [0.29, 0.717) is 10.2 Å². The molecule has 0 aliphatic heterocycles. The van der Waals surface area contributed by atoms with Crippen LogP contribution < -0.4 is 11.3 Å². The summed E-state index contributed by atoms with van der Waals surface area (Å²) in [6.45, 7) is 1.55. The molecule has 0 saturated carbocycles. The second-order valence-electron chi connectivity index (χ2n) is 3.17. The summed E-state index contributed by atoms with van der Waals surface area (Å²) >= 11 is 10.5. The molecule has 0 spiro atoms. The first-order valence-corrected chi connectivity index (χ1v) is 6.47. The molecule has 17 heavy (non-hydrogen) atoms. The van der Waals surface area contributed by atoms with Gasteiger partial charge in [0, 0.05) is 4.47 Å². The summed E-state index contributed by atoms with van der Waals surface area (Å²) in [5, 5.41) is 0. The number of nitrogens with two attached hydrogens (primary N) is 1. The average molecular weight is 338 g/mol. The fourth-order valence-electron chi connectivity index (χ4n) is 1.22. The summed E-state index contributed by atoms with van der Waals surface area (Å²) in [4.78, 5) is 8.78. The molecule has 0 aliphatic rings. The lowest BCUT2D eigenvalue weighted by molar-refractivity contribution is 0.606. The van der Waals surface area contributed by atoms with Gasteiger partial charge >= 0.3 is 0 Å². The molecule has 0 amide bonds. The number of nitrogens with zero attached hydrogens (tertiary/aromatic N) is 2. The van der Waals surface area contributed by atoms with Gasteiger partial charge in [0.2, 0.25) is 0 Å². The van der Waals surface area contributed by atoms with Gasteiger partial charge in [-0.15, -0.1) is 11.3 Å². The van der Waals surface area contributed by atoms with Crippen LogP contribution in [-0.2, 0) is 0 Å². The van der Waals surface area contributed by atoms with Crippen LogP contribution in [0.1, 0.15) is 5.69 Å². The summed E-state index contributed by atoms with van der Waals surface area (Å²) < 4.78 is 14.8. The Bertz CT molecular complexity index is 555. The Morgan fingerprint density at radius 3 is 2.76 bits per heavy atom. The first kappa shape index (κ1) is 12.7. The molecular formula is C9H7BrClFN4S. The van der Waals surface area contributed by atoms with Crippen LogP contribution in [-0.4, -0.2) is 9.97 Å². The number of hydrazine groups is 1. The Kier molecular flexibility index (Phi) is 3.62. The summed E-state index contributed by atoms with van der Waals surface area (Å²) in [5.41, 5.74) is 2.43. The molecule has 0 fully saturated rings. The molecule has 2 aromatic heterocycles. The van der Waals surface area contributed by atoms with Crippen LogP contribution >= 0.6 is 38.9 Å². The molecule has 0 atom stereocenters. The van der Waals surface area contributed by atoms with Crippen LogP contribution in [0, 0.1) is 12.7 Å². The third kappa shape index (κ3) is 2.42. The molecule has 0 bridgehead atoms. The van der Waals surface area contributed by atoms with Gasteiger partial charge in [0.1, 0.15) is 4.34 Å². The van der Waals surface area contributed by atoms with E-state index >= 15 is 0 Å². The minimum absolute atomic E-state index is 0.0341. The van der Waals surface area contributed by atoms with Crippen LogP contribution in [0.4, 0.5) is 10.2 Å². The van der Waals surface area contributed by atoms with Crippen molar-refractivity contribution < 1.29 is 4.39 Å². The van der Waals surface area contributed by atoms with Crippen LogP contribution in [0.15, 0.2) is 10.5 Å². The number of rotatable bonds is 2. The van der Waals surface area contributed by atoms with Gasteiger partial charge in [0.25, 0.3) is 0 Å². The minimum atomic E-state index is -0.557. The third-order valence-electron chi connectivity index (χ3n) is 2.02. The second-order valence-corrected chi connectivity index (χ2v) is 5.68. The Morgan fingerprint density at radius 1 is 1.53 bits per heavy atom. The van der Waals surface area contributed by atoms with E-state index in [1.165, 1.54) is 11.3 Å². The molecule has 2 heterocycles. The van der Waals surface area contributed by atoms with Crippen molar-refractivity contribution in [2.75, 3.05) is 5.43 Å². The van der Waals surface area contributed by atoms with E-state index in [1.54, 1.807) is 13.0 Å². The Hall–Kier alpha value is -0.760. The molecular weight excluding hydrogens is 331 g/mol. The van der Waals surface area contributed by atoms with Crippen molar-refractivity contribution in [2.24, 2.45) is 5.84 Å². The van der Waals surface area contributed by atoms with E-state index in [2.05, 4.69) is 31.3 Å². The first-order chi connectivity index (χ1) is 8.02. The quantitative estimate of drug-likeness (QED) is 0.651. The highest BCUT2D eigenvalue weighted by Gasteiger charge is 2.14. The first-order valence-electron chi connectivity index (χ1n) is 4.49. The zero-order valence-corrected chi connectivity index (χ0v) is 11.7. The standard InChI is InChI=1S/C9H7BrClFN4S/c1-3-6(12)9(16-13)15-8(14-3)5-2-4(10)7(11)17-5/h2H,13H2,1H3,(H,14,15,16). The number of halogens is 3. The van der Waals surface area contributed by atoms with Crippen LogP contribution in [0.3, 0.4) is 0 Å². The molecule has 0 aliphatic carbocycles. The second kappa shape index (κ2) is 4.85. The molecule has 0 unspecified atom stereocenters. The molecule has 2 rings (SSSR count). The van der Waals surface area contributed by atoms with E-state index in [1.807, 2.05) is 0 Å². The third-order valence-corrected chi connectivity index (χ3v) is 4.49. The predicted molar refractivity (Wildman–Crippen MR) is 70.6 cm³/mol. The molecule has 4 nitrogen and oxygen atoms in total. The highest BCUT2D eigenvalue weighted by atomic mass is 79.9. The van der Waals surface area contributed by atoms with Crippen molar-refractivity contribution >= 4 is 44.7 Å². The normalized spacial score (nSPS) is 10.6. The number of aryl methyl sites for hydroxylation is 1. The summed E-state index contributed by atoms with van der Waals surface area (Å²) in [5.74, 6) is 4.98. The van der Waals surface area contributed by atoms with Crippen LogP contribution in [0.2, 0.25) is 4.34 Å². The lowest BCUT2D eigenvalue weighted by Gasteiger charge is -2.05. The van der Waals surface area contributed by atoms with E-state index in [-0.39, 0.29) is 11.5 Å². The van der Waals surface area contributed by atoms with E-state index in [4.69, 9.17) is 17.4 Å². The van der Waals surface area contributed by atoms with Gasteiger partial charge in [-0.05, 0) is 28.9 Å². The lowest BCUT2D eigenvalue weighted by Crippen LogP contribution is -2.12. The zero-order chi connectivity index (χ0) is 12.6. The highest BCUT2D eigenvalue weighted by molar-refractivity contribution is 9.10. The fourth-order valence-corrected chi connectivity index (χ4v) is 2.86. The van der Waals surface area contributed by atoms with Gasteiger partial charge in [-0.1, -0.05) is 11.6 Å². The maximum absolute atomic E-state index is 13.5. The zero-order valence-electron chi connectivity index (χ0n) is 8.59. The van der Waals surface area contributed by atoms with Gasteiger partial charge in [-0.25, -0.2) is 20.2 Å². The van der Waals surface area contributed by atoms with Crippen molar-refractivity contribution in [3.63, 3.8) is 0 Å². The number of nitrogen functional groups attached to an aromatic ring is 1. The van der Waals surface area contributed by atoms with Gasteiger partial charge in [0.15, 0.2) is 17.5 Å². The average Bonchev–Trinajstić information content (AvgIpc) is 2.63. The Balaban J connectivity index is 2.56. The Labute approximate surface area is 114 Å². The molecule has 0 saturated heterocycles. The van der Waals surface area contributed by atoms with Crippen molar-refractivity contribution in [1.82, 2.24) is 9.97 Å². The predicted octanol–water partition coefficient (Wildman–Crippen LogP) is 3.35. The maximum Gasteiger partial charge on any atom is 0.187 e. The van der Waals surface area contributed by atoms with Crippen molar-refractivity contribution in [3.05, 3.63) is 26.4 Å². The summed E-state index contributed by atoms with van der Waals surface area (Å²) in [6.07, 6.45) is 0. The monoisotopic (exact) mass is 336 g/mol. The molecule has 0 radical (unpaired) electrons. The van der Waals surface area contributed by atoms with Crippen molar-refractivity contribution in [1.29, 1.82) is 0 Å².